The van der Waals surface area contributed by atoms with E-state index in [1.54, 1.807) is 0 Å². The maximum absolute atomic E-state index is 14.9. The van der Waals surface area contributed by atoms with Gasteiger partial charge in [-0.3, -0.25) is 4.72 Å². The van der Waals surface area contributed by atoms with Crippen LogP contribution in [0, 0.1) is 23.3 Å². The van der Waals surface area contributed by atoms with Crippen molar-refractivity contribution in [1.29, 1.82) is 0 Å². The molecule has 3 aromatic rings. The molecule has 0 saturated carbocycles. The lowest BCUT2D eigenvalue weighted by molar-refractivity contribution is 0.324. The van der Waals surface area contributed by atoms with Crippen LogP contribution in [0.5, 0.6) is 17.2 Å². The Bertz CT molecular complexity index is 1240. The summed E-state index contributed by atoms with van der Waals surface area (Å²) in [6.45, 7) is 0. The Labute approximate surface area is 181 Å². The van der Waals surface area contributed by atoms with Crippen molar-refractivity contribution in [3.05, 3.63) is 65.7 Å². The van der Waals surface area contributed by atoms with Gasteiger partial charge in [0, 0.05) is 5.56 Å². The van der Waals surface area contributed by atoms with Gasteiger partial charge in [0.1, 0.15) is 0 Å². The van der Waals surface area contributed by atoms with Crippen molar-refractivity contribution < 1.29 is 40.2 Å². The molecule has 0 aromatic heterocycles. The fourth-order valence-electron chi connectivity index (χ4n) is 3.02. The molecular formula is C21H17F4NO5S. The first-order valence-corrected chi connectivity index (χ1v) is 10.4. The molecule has 0 aliphatic rings. The lowest BCUT2D eigenvalue weighted by Crippen LogP contribution is -2.17. The van der Waals surface area contributed by atoms with Crippen LogP contribution in [0.1, 0.15) is 0 Å². The maximum Gasteiger partial charge on any atom is 0.262 e. The largest absolute Gasteiger partial charge is 0.493 e. The average molecular weight is 471 g/mol. The van der Waals surface area contributed by atoms with Crippen LogP contribution in [0.15, 0.2) is 47.4 Å². The van der Waals surface area contributed by atoms with Crippen LogP contribution >= 0.6 is 0 Å². The molecule has 0 aliphatic carbocycles. The van der Waals surface area contributed by atoms with Gasteiger partial charge in [-0.15, -0.1) is 0 Å². The van der Waals surface area contributed by atoms with E-state index in [0.29, 0.717) is 0 Å². The number of nitrogens with one attached hydrogen (secondary N) is 1. The number of hydrogen-bond donors (Lipinski definition) is 1. The van der Waals surface area contributed by atoms with Crippen molar-refractivity contribution in [3.63, 3.8) is 0 Å². The molecule has 0 spiro atoms. The Morgan fingerprint density at radius 1 is 0.750 bits per heavy atom. The van der Waals surface area contributed by atoms with E-state index in [0.717, 1.165) is 12.1 Å². The minimum absolute atomic E-state index is 0.0109. The predicted molar refractivity (Wildman–Crippen MR) is 109 cm³/mol. The number of ether oxygens (including phenoxy) is 3. The lowest BCUT2D eigenvalue weighted by Gasteiger charge is -2.18. The van der Waals surface area contributed by atoms with E-state index in [9.17, 15) is 26.0 Å². The van der Waals surface area contributed by atoms with E-state index >= 15 is 0 Å². The Hall–Kier alpha value is -3.47. The minimum atomic E-state index is -4.49. The molecule has 3 aromatic carbocycles. The second-order valence-corrected chi connectivity index (χ2v) is 8.02. The van der Waals surface area contributed by atoms with E-state index in [2.05, 4.69) is 0 Å². The summed E-state index contributed by atoms with van der Waals surface area (Å²) < 4.78 is 100. The molecule has 0 fully saturated rings. The number of halogens is 4. The molecule has 0 amide bonds. The highest BCUT2D eigenvalue weighted by molar-refractivity contribution is 7.92. The van der Waals surface area contributed by atoms with Crippen LogP contribution in [0.3, 0.4) is 0 Å². The molecule has 170 valence electrons. The van der Waals surface area contributed by atoms with E-state index in [-0.39, 0.29) is 27.7 Å². The average Bonchev–Trinajstić information content (AvgIpc) is 2.80. The van der Waals surface area contributed by atoms with Crippen LogP contribution in [0.4, 0.5) is 23.2 Å². The zero-order chi connectivity index (χ0) is 23.6. The highest BCUT2D eigenvalue weighted by Gasteiger charge is 2.30. The maximum atomic E-state index is 14.9. The SMILES string of the molecule is COc1cc(-c2c(F)c(F)c(F)c(F)c2NS(=O)(=O)c2ccccc2)cc(OC)c1OC. The molecule has 0 atom stereocenters. The predicted octanol–water partition coefficient (Wildman–Crippen LogP) is 4.74. The van der Waals surface area contributed by atoms with Gasteiger partial charge in [-0.05, 0) is 29.8 Å². The van der Waals surface area contributed by atoms with Gasteiger partial charge in [-0.1, -0.05) is 18.2 Å². The fraction of sp³-hybridized carbons (Fsp3) is 0.143. The molecule has 0 radical (unpaired) electrons. The molecule has 0 unspecified atom stereocenters. The molecule has 32 heavy (non-hydrogen) atoms. The molecule has 1 N–H and O–H groups in total. The van der Waals surface area contributed by atoms with E-state index in [1.165, 1.54) is 51.7 Å². The van der Waals surface area contributed by atoms with Crippen molar-refractivity contribution in [2.45, 2.75) is 4.90 Å². The van der Waals surface area contributed by atoms with Gasteiger partial charge >= 0.3 is 0 Å². The number of hydrogen-bond acceptors (Lipinski definition) is 5. The quantitative estimate of drug-likeness (QED) is 0.306. The van der Waals surface area contributed by atoms with Crippen molar-refractivity contribution in [1.82, 2.24) is 0 Å². The van der Waals surface area contributed by atoms with E-state index < -0.39 is 44.5 Å². The van der Waals surface area contributed by atoms with Crippen LogP contribution in [-0.4, -0.2) is 29.7 Å². The molecule has 0 heterocycles. The van der Waals surface area contributed by atoms with Gasteiger partial charge in [-0.2, -0.15) is 0 Å². The molecule has 3 rings (SSSR count). The minimum Gasteiger partial charge on any atom is -0.493 e. The van der Waals surface area contributed by atoms with Crippen molar-refractivity contribution >= 4 is 15.7 Å². The summed E-state index contributed by atoms with van der Waals surface area (Å²) in [6.07, 6.45) is 0. The van der Waals surface area contributed by atoms with E-state index in [1.807, 2.05) is 4.72 Å². The Balaban J connectivity index is 2.32. The second-order valence-electron chi connectivity index (χ2n) is 6.34. The summed E-state index contributed by atoms with van der Waals surface area (Å²) in [4.78, 5) is -0.305. The highest BCUT2D eigenvalue weighted by Crippen LogP contribution is 2.45. The molecule has 0 saturated heterocycles. The zero-order valence-electron chi connectivity index (χ0n) is 17.0. The van der Waals surface area contributed by atoms with Gasteiger partial charge in [0.2, 0.25) is 5.75 Å². The molecule has 11 heteroatoms. The van der Waals surface area contributed by atoms with Crippen molar-refractivity contribution in [2.24, 2.45) is 0 Å². The number of benzene rings is 3. The van der Waals surface area contributed by atoms with Crippen LogP contribution in [0.25, 0.3) is 11.1 Å². The number of rotatable bonds is 7. The third-order valence-electron chi connectivity index (χ3n) is 4.51. The van der Waals surface area contributed by atoms with Crippen molar-refractivity contribution in [2.75, 3.05) is 26.1 Å². The van der Waals surface area contributed by atoms with E-state index in [4.69, 9.17) is 14.2 Å². The zero-order valence-corrected chi connectivity index (χ0v) is 17.8. The second kappa shape index (κ2) is 8.95. The lowest BCUT2D eigenvalue weighted by atomic mass is 10.0. The van der Waals surface area contributed by atoms with Crippen molar-refractivity contribution in [3.8, 4) is 28.4 Å². The van der Waals surface area contributed by atoms with Gasteiger partial charge in [0.25, 0.3) is 10.0 Å². The van der Waals surface area contributed by atoms with Crippen LogP contribution in [0.2, 0.25) is 0 Å². The summed E-state index contributed by atoms with van der Waals surface area (Å²) in [5.74, 6) is -7.96. The standard InChI is InChI=1S/C21H17F4NO5S/c1-29-13-9-11(10-14(30-2)21(13)31-3)15-16(22)17(23)18(24)19(25)20(15)26-32(27,28)12-7-5-4-6-8-12/h4-10,26H,1-3H3. The molecule has 0 aliphatic heterocycles. The van der Waals surface area contributed by atoms with Gasteiger partial charge < -0.3 is 14.2 Å². The number of anilines is 1. The third kappa shape index (κ3) is 4.03. The summed E-state index contributed by atoms with van der Waals surface area (Å²) >= 11 is 0. The number of methoxy groups -OCH3 is 3. The Kier molecular flexibility index (Phi) is 6.49. The van der Waals surface area contributed by atoms with Gasteiger partial charge in [0.05, 0.1) is 31.9 Å². The Morgan fingerprint density at radius 2 is 1.28 bits per heavy atom. The first-order valence-electron chi connectivity index (χ1n) is 8.90. The summed E-state index contributed by atoms with van der Waals surface area (Å²) in [7, 11) is -0.682. The van der Waals surface area contributed by atoms with Crippen LogP contribution < -0.4 is 18.9 Å². The molecular weight excluding hydrogens is 454 g/mol. The fourth-order valence-corrected chi connectivity index (χ4v) is 4.11. The number of sulfonamides is 1. The molecule has 6 nitrogen and oxygen atoms in total. The van der Waals surface area contributed by atoms with Crippen LogP contribution in [-0.2, 0) is 10.0 Å². The first kappa shape index (κ1) is 23.2. The highest BCUT2D eigenvalue weighted by atomic mass is 32.2. The monoisotopic (exact) mass is 471 g/mol. The summed E-state index contributed by atoms with van der Waals surface area (Å²) in [6, 6.07) is 8.99. The first-order chi connectivity index (χ1) is 15.2. The van der Waals surface area contributed by atoms with Gasteiger partial charge in [0.15, 0.2) is 34.8 Å². The van der Waals surface area contributed by atoms with Gasteiger partial charge in [-0.25, -0.2) is 26.0 Å². The smallest absolute Gasteiger partial charge is 0.262 e. The Morgan fingerprint density at radius 3 is 1.78 bits per heavy atom. The molecule has 0 bridgehead atoms. The topological polar surface area (TPSA) is 73.9 Å². The normalized spacial score (nSPS) is 11.2. The summed E-state index contributed by atoms with van der Waals surface area (Å²) in [5.41, 5.74) is -2.28. The third-order valence-corrected chi connectivity index (χ3v) is 5.88. The summed E-state index contributed by atoms with van der Waals surface area (Å²) in [5, 5.41) is 0.